The van der Waals surface area contributed by atoms with E-state index in [-0.39, 0.29) is 6.04 Å². The third-order valence-electron chi connectivity index (χ3n) is 3.72. The predicted octanol–water partition coefficient (Wildman–Crippen LogP) is 2.38. The summed E-state index contributed by atoms with van der Waals surface area (Å²) in [4.78, 5) is 8.12. The molecule has 2 N–H and O–H groups in total. The topological polar surface area (TPSA) is 42.2 Å². The molecule has 4 heteroatoms. The molecule has 0 spiro atoms. The Morgan fingerprint density at radius 3 is 3.05 bits per heavy atom. The summed E-state index contributed by atoms with van der Waals surface area (Å²) in [6, 6.07) is 8.86. The van der Waals surface area contributed by atoms with Crippen LogP contribution in [0.4, 0.5) is 5.69 Å². The maximum atomic E-state index is 6.17. The minimum absolute atomic E-state index is 0.248. The summed E-state index contributed by atoms with van der Waals surface area (Å²) >= 11 is 1.75. The van der Waals surface area contributed by atoms with Crippen molar-refractivity contribution in [2.75, 3.05) is 18.0 Å². The smallest absolute Gasteiger partial charge is 0.0797 e. The van der Waals surface area contributed by atoms with Crippen LogP contribution < -0.4 is 10.6 Å². The molecular weight excluding hydrogens is 254 g/mol. The Hall–Kier alpha value is -1.39. The molecule has 0 aliphatic carbocycles. The molecule has 0 saturated carbocycles. The van der Waals surface area contributed by atoms with E-state index in [0.717, 1.165) is 25.9 Å². The van der Waals surface area contributed by atoms with Gasteiger partial charge in [0.2, 0.25) is 0 Å². The summed E-state index contributed by atoms with van der Waals surface area (Å²) in [5.41, 5.74) is 12.0. The van der Waals surface area contributed by atoms with Crippen molar-refractivity contribution in [3.05, 3.63) is 45.9 Å². The molecule has 1 unspecified atom stereocenters. The molecule has 0 amide bonds. The number of thiazole rings is 1. The van der Waals surface area contributed by atoms with E-state index in [0.29, 0.717) is 0 Å². The zero-order valence-electron chi connectivity index (χ0n) is 11.2. The van der Waals surface area contributed by atoms with Crippen LogP contribution in [0.1, 0.15) is 16.1 Å². The summed E-state index contributed by atoms with van der Waals surface area (Å²) in [6.07, 6.45) is 2.05. The van der Waals surface area contributed by atoms with Crippen LogP contribution >= 0.6 is 11.3 Å². The highest BCUT2D eigenvalue weighted by molar-refractivity contribution is 7.09. The Kier molecular flexibility index (Phi) is 3.53. The summed E-state index contributed by atoms with van der Waals surface area (Å²) in [6.45, 7) is 4.06. The highest BCUT2D eigenvalue weighted by Crippen LogP contribution is 2.26. The number of aryl methyl sites for hydroxylation is 1. The summed E-state index contributed by atoms with van der Waals surface area (Å²) in [5.74, 6) is 0. The average molecular weight is 273 g/mol. The van der Waals surface area contributed by atoms with Crippen molar-refractivity contribution in [2.24, 2.45) is 5.73 Å². The normalized spacial score (nSPS) is 18.4. The van der Waals surface area contributed by atoms with E-state index >= 15 is 0 Å². The lowest BCUT2D eigenvalue weighted by molar-refractivity contribution is 0.599. The molecule has 2 aromatic rings. The van der Waals surface area contributed by atoms with E-state index in [2.05, 4.69) is 41.1 Å². The molecule has 1 atom stereocenters. The number of benzene rings is 1. The van der Waals surface area contributed by atoms with E-state index in [1.807, 2.05) is 5.51 Å². The molecule has 0 fully saturated rings. The van der Waals surface area contributed by atoms with Gasteiger partial charge in [-0.25, -0.2) is 4.98 Å². The van der Waals surface area contributed by atoms with Crippen LogP contribution in [0.5, 0.6) is 0 Å². The van der Waals surface area contributed by atoms with Crippen molar-refractivity contribution in [1.29, 1.82) is 0 Å². The average Bonchev–Trinajstić information content (AvgIpc) is 2.81. The molecule has 3 rings (SSSR count). The number of aromatic nitrogens is 1. The van der Waals surface area contributed by atoms with Crippen LogP contribution in [0.15, 0.2) is 29.8 Å². The van der Waals surface area contributed by atoms with Gasteiger partial charge in [-0.1, -0.05) is 18.2 Å². The van der Waals surface area contributed by atoms with Gasteiger partial charge in [-0.3, -0.25) is 0 Å². The molecule has 100 valence electrons. The van der Waals surface area contributed by atoms with Gasteiger partial charge < -0.3 is 10.6 Å². The largest absolute Gasteiger partial charge is 0.369 e. The molecule has 1 aliphatic heterocycles. The fraction of sp³-hybridized carbons (Fsp3) is 0.400. The number of fused-ring (bicyclic) bond motifs is 1. The SMILES string of the molecule is Cc1ncsc1CCN1CC(N)Cc2ccccc21. The standard InChI is InChI=1S/C15H19N3S/c1-11-15(19-10-17-11)6-7-18-9-13(16)8-12-4-2-3-5-14(12)18/h2-5,10,13H,6-9,16H2,1H3. The van der Waals surface area contributed by atoms with Crippen molar-refractivity contribution >= 4 is 17.0 Å². The quantitative estimate of drug-likeness (QED) is 0.933. The fourth-order valence-electron chi connectivity index (χ4n) is 2.73. The second-order valence-corrected chi connectivity index (χ2v) is 6.09. The zero-order valence-corrected chi connectivity index (χ0v) is 12.0. The van der Waals surface area contributed by atoms with Crippen molar-refractivity contribution in [3.63, 3.8) is 0 Å². The minimum Gasteiger partial charge on any atom is -0.369 e. The number of hydrogen-bond donors (Lipinski definition) is 1. The number of nitrogens with zero attached hydrogens (tertiary/aromatic N) is 2. The van der Waals surface area contributed by atoms with Gasteiger partial charge in [0.15, 0.2) is 0 Å². The highest BCUT2D eigenvalue weighted by atomic mass is 32.1. The van der Waals surface area contributed by atoms with Gasteiger partial charge in [-0.15, -0.1) is 11.3 Å². The van der Waals surface area contributed by atoms with E-state index in [1.54, 1.807) is 11.3 Å². The molecule has 19 heavy (non-hydrogen) atoms. The molecule has 1 aliphatic rings. The number of hydrogen-bond acceptors (Lipinski definition) is 4. The number of rotatable bonds is 3. The van der Waals surface area contributed by atoms with Crippen LogP contribution in [-0.2, 0) is 12.8 Å². The summed E-state index contributed by atoms with van der Waals surface area (Å²) < 4.78 is 0. The lowest BCUT2D eigenvalue weighted by atomic mass is 9.98. The van der Waals surface area contributed by atoms with Crippen LogP contribution in [0.2, 0.25) is 0 Å². The molecule has 0 radical (unpaired) electrons. The maximum Gasteiger partial charge on any atom is 0.0797 e. The second kappa shape index (κ2) is 5.31. The fourth-order valence-corrected chi connectivity index (χ4v) is 3.51. The van der Waals surface area contributed by atoms with Gasteiger partial charge in [-0.2, -0.15) is 0 Å². The number of para-hydroxylation sites is 1. The Bertz CT molecular complexity index is 564. The first-order chi connectivity index (χ1) is 9.24. The first-order valence-corrected chi connectivity index (χ1v) is 7.59. The van der Waals surface area contributed by atoms with Crippen molar-refractivity contribution in [2.45, 2.75) is 25.8 Å². The second-order valence-electron chi connectivity index (χ2n) is 5.15. The van der Waals surface area contributed by atoms with Crippen LogP contribution in [0.3, 0.4) is 0 Å². The molecule has 0 bridgehead atoms. The maximum absolute atomic E-state index is 6.17. The molecule has 1 aromatic carbocycles. The monoisotopic (exact) mass is 273 g/mol. The van der Waals surface area contributed by atoms with Gasteiger partial charge in [0.1, 0.15) is 0 Å². The van der Waals surface area contributed by atoms with Gasteiger partial charge in [0.25, 0.3) is 0 Å². The van der Waals surface area contributed by atoms with E-state index in [1.165, 1.54) is 21.8 Å². The van der Waals surface area contributed by atoms with Gasteiger partial charge >= 0.3 is 0 Å². The Balaban J connectivity index is 1.76. The lowest BCUT2D eigenvalue weighted by Crippen LogP contribution is -2.44. The van der Waals surface area contributed by atoms with Crippen LogP contribution in [0.25, 0.3) is 0 Å². The Labute approximate surface area is 118 Å². The van der Waals surface area contributed by atoms with Gasteiger partial charge in [-0.05, 0) is 25.0 Å². The number of nitrogens with two attached hydrogens (primary N) is 1. The first kappa shape index (κ1) is 12.6. The molecule has 1 aromatic heterocycles. The minimum atomic E-state index is 0.248. The Morgan fingerprint density at radius 2 is 2.26 bits per heavy atom. The first-order valence-electron chi connectivity index (χ1n) is 6.71. The van der Waals surface area contributed by atoms with E-state index < -0.39 is 0 Å². The molecule has 0 saturated heterocycles. The lowest BCUT2D eigenvalue weighted by Gasteiger charge is -2.34. The summed E-state index contributed by atoms with van der Waals surface area (Å²) in [5, 5.41) is 0. The third-order valence-corrected chi connectivity index (χ3v) is 4.72. The van der Waals surface area contributed by atoms with Gasteiger partial charge in [0, 0.05) is 36.1 Å². The van der Waals surface area contributed by atoms with Crippen molar-refractivity contribution in [3.8, 4) is 0 Å². The third kappa shape index (κ3) is 2.65. The number of anilines is 1. The van der Waals surface area contributed by atoms with Crippen molar-refractivity contribution in [1.82, 2.24) is 4.98 Å². The zero-order chi connectivity index (χ0) is 13.2. The highest BCUT2D eigenvalue weighted by Gasteiger charge is 2.21. The predicted molar refractivity (Wildman–Crippen MR) is 80.9 cm³/mol. The molecule has 2 heterocycles. The Morgan fingerprint density at radius 1 is 1.42 bits per heavy atom. The van der Waals surface area contributed by atoms with Crippen molar-refractivity contribution < 1.29 is 0 Å². The van der Waals surface area contributed by atoms with Gasteiger partial charge in [0.05, 0.1) is 11.2 Å². The van der Waals surface area contributed by atoms with E-state index in [4.69, 9.17) is 5.73 Å². The van der Waals surface area contributed by atoms with E-state index in [9.17, 15) is 0 Å². The van der Waals surface area contributed by atoms with Crippen LogP contribution in [-0.4, -0.2) is 24.1 Å². The van der Waals surface area contributed by atoms with Crippen LogP contribution in [0, 0.1) is 6.92 Å². The molecular formula is C15H19N3S. The summed E-state index contributed by atoms with van der Waals surface area (Å²) in [7, 11) is 0. The molecule has 3 nitrogen and oxygen atoms in total.